The first kappa shape index (κ1) is 16.4. The molecule has 0 heterocycles. The summed E-state index contributed by atoms with van der Waals surface area (Å²) in [5, 5.41) is 3.37. The maximum absolute atomic E-state index is 5.80. The van der Waals surface area contributed by atoms with Crippen LogP contribution in [0, 0.1) is 0 Å². The first-order chi connectivity index (χ1) is 10.9. The highest BCUT2D eigenvalue weighted by molar-refractivity contribution is 5.33. The molecule has 0 aliphatic rings. The molecule has 0 saturated heterocycles. The predicted octanol–water partition coefficient (Wildman–Crippen LogP) is 4.03. The van der Waals surface area contributed by atoms with Gasteiger partial charge in [-0.1, -0.05) is 43.3 Å². The third-order valence-corrected chi connectivity index (χ3v) is 3.25. The van der Waals surface area contributed by atoms with E-state index in [1.165, 1.54) is 6.42 Å². The molecule has 0 aliphatic carbocycles. The first-order valence-corrected chi connectivity index (χ1v) is 7.99. The standard InChI is InChI=1S/C19H25NO2/c1-2-12-20-13-7-14-21-18-10-6-11-19(15-18)22-16-17-8-4-3-5-9-17/h3-6,8-11,15,20H,2,7,12-14,16H2,1H3. The molecule has 2 aromatic carbocycles. The average Bonchev–Trinajstić information content (AvgIpc) is 2.57. The second-order valence-corrected chi connectivity index (χ2v) is 5.20. The van der Waals surface area contributed by atoms with Crippen LogP contribution in [0.15, 0.2) is 54.6 Å². The Kier molecular flexibility index (Phi) is 7.33. The molecule has 0 atom stereocenters. The van der Waals surface area contributed by atoms with Crippen molar-refractivity contribution in [3.05, 3.63) is 60.2 Å². The Morgan fingerprint density at radius 3 is 2.41 bits per heavy atom. The molecular weight excluding hydrogens is 274 g/mol. The van der Waals surface area contributed by atoms with Gasteiger partial charge in [0.05, 0.1) is 6.61 Å². The van der Waals surface area contributed by atoms with Crippen LogP contribution in [0.1, 0.15) is 25.3 Å². The fourth-order valence-corrected chi connectivity index (χ4v) is 2.08. The molecule has 0 fully saturated rings. The topological polar surface area (TPSA) is 30.5 Å². The highest BCUT2D eigenvalue weighted by Gasteiger charge is 1.99. The van der Waals surface area contributed by atoms with Crippen LogP contribution < -0.4 is 14.8 Å². The maximum atomic E-state index is 5.80. The van der Waals surface area contributed by atoms with E-state index < -0.39 is 0 Å². The molecule has 3 nitrogen and oxygen atoms in total. The minimum absolute atomic E-state index is 0.575. The zero-order chi connectivity index (χ0) is 15.5. The van der Waals surface area contributed by atoms with Gasteiger partial charge in [-0.05, 0) is 43.6 Å². The van der Waals surface area contributed by atoms with Crippen molar-refractivity contribution in [1.82, 2.24) is 5.32 Å². The Morgan fingerprint density at radius 1 is 0.864 bits per heavy atom. The fourth-order valence-electron chi connectivity index (χ4n) is 2.08. The van der Waals surface area contributed by atoms with Gasteiger partial charge in [0.1, 0.15) is 18.1 Å². The van der Waals surface area contributed by atoms with E-state index in [4.69, 9.17) is 9.47 Å². The lowest BCUT2D eigenvalue weighted by Gasteiger charge is -2.10. The van der Waals surface area contributed by atoms with Crippen LogP contribution in [0.4, 0.5) is 0 Å². The largest absolute Gasteiger partial charge is 0.493 e. The van der Waals surface area contributed by atoms with Crippen molar-refractivity contribution in [2.75, 3.05) is 19.7 Å². The van der Waals surface area contributed by atoms with E-state index in [2.05, 4.69) is 24.4 Å². The maximum Gasteiger partial charge on any atom is 0.123 e. The number of rotatable bonds is 10. The van der Waals surface area contributed by atoms with E-state index in [0.29, 0.717) is 6.61 Å². The van der Waals surface area contributed by atoms with Gasteiger partial charge < -0.3 is 14.8 Å². The van der Waals surface area contributed by atoms with Crippen molar-refractivity contribution in [2.45, 2.75) is 26.4 Å². The summed E-state index contributed by atoms with van der Waals surface area (Å²) in [7, 11) is 0. The molecule has 0 aromatic heterocycles. The van der Waals surface area contributed by atoms with E-state index in [0.717, 1.165) is 43.2 Å². The highest BCUT2D eigenvalue weighted by Crippen LogP contribution is 2.20. The van der Waals surface area contributed by atoms with Gasteiger partial charge >= 0.3 is 0 Å². The van der Waals surface area contributed by atoms with E-state index in [-0.39, 0.29) is 0 Å². The minimum Gasteiger partial charge on any atom is -0.493 e. The molecule has 0 bridgehead atoms. The molecule has 3 heteroatoms. The lowest BCUT2D eigenvalue weighted by Crippen LogP contribution is -2.18. The Balaban J connectivity index is 1.72. The van der Waals surface area contributed by atoms with Crippen LogP contribution in [-0.4, -0.2) is 19.7 Å². The quantitative estimate of drug-likeness (QED) is 0.672. The van der Waals surface area contributed by atoms with E-state index >= 15 is 0 Å². The predicted molar refractivity (Wildman–Crippen MR) is 90.5 cm³/mol. The van der Waals surface area contributed by atoms with E-state index in [1.807, 2.05) is 42.5 Å². The zero-order valence-corrected chi connectivity index (χ0v) is 13.3. The average molecular weight is 299 g/mol. The number of hydrogen-bond acceptors (Lipinski definition) is 3. The lowest BCUT2D eigenvalue weighted by atomic mass is 10.2. The lowest BCUT2D eigenvalue weighted by molar-refractivity contribution is 0.291. The summed E-state index contributed by atoms with van der Waals surface area (Å²) in [6.07, 6.45) is 2.18. The molecule has 2 rings (SSSR count). The van der Waals surface area contributed by atoms with Crippen LogP contribution in [0.2, 0.25) is 0 Å². The monoisotopic (exact) mass is 299 g/mol. The second-order valence-electron chi connectivity index (χ2n) is 5.20. The van der Waals surface area contributed by atoms with Crippen molar-refractivity contribution >= 4 is 0 Å². The summed E-state index contributed by atoms with van der Waals surface area (Å²) in [5.41, 5.74) is 1.16. The molecule has 0 amide bonds. The summed E-state index contributed by atoms with van der Waals surface area (Å²) in [6.45, 7) is 5.54. The van der Waals surface area contributed by atoms with Crippen LogP contribution >= 0.6 is 0 Å². The van der Waals surface area contributed by atoms with Gasteiger partial charge in [-0.3, -0.25) is 0 Å². The molecule has 22 heavy (non-hydrogen) atoms. The highest BCUT2D eigenvalue weighted by atomic mass is 16.5. The van der Waals surface area contributed by atoms with Crippen molar-refractivity contribution in [3.63, 3.8) is 0 Å². The molecule has 0 unspecified atom stereocenters. The Hall–Kier alpha value is -2.00. The van der Waals surface area contributed by atoms with Crippen molar-refractivity contribution in [3.8, 4) is 11.5 Å². The van der Waals surface area contributed by atoms with E-state index in [9.17, 15) is 0 Å². The molecule has 0 saturated carbocycles. The summed E-state index contributed by atoms with van der Waals surface area (Å²) in [6, 6.07) is 18.0. The fraction of sp³-hybridized carbons (Fsp3) is 0.368. The minimum atomic E-state index is 0.575. The van der Waals surface area contributed by atoms with Crippen LogP contribution in [0.25, 0.3) is 0 Å². The number of ether oxygens (including phenoxy) is 2. The van der Waals surface area contributed by atoms with Crippen molar-refractivity contribution < 1.29 is 9.47 Å². The molecular formula is C19H25NO2. The third-order valence-electron chi connectivity index (χ3n) is 3.25. The molecule has 2 aromatic rings. The zero-order valence-electron chi connectivity index (χ0n) is 13.3. The Morgan fingerprint density at radius 2 is 1.64 bits per heavy atom. The number of benzene rings is 2. The Bertz CT molecular complexity index is 528. The summed E-state index contributed by atoms with van der Waals surface area (Å²) in [4.78, 5) is 0. The molecule has 118 valence electrons. The van der Waals surface area contributed by atoms with Gasteiger partial charge in [0, 0.05) is 6.07 Å². The van der Waals surface area contributed by atoms with E-state index in [1.54, 1.807) is 0 Å². The third kappa shape index (κ3) is 6.19. The number of hydrogen-bond donors (Lipinski definition) is 1. The normalized spacial score (nSPS) is 10.4. The van der Waals surface area contributed by atoms with Gasteiger partial charge in [-0.2, -0.15) is 0 Å². The summed E-state index contributed by atoms with van der Waals surface area (Å²) < 4.78 is 11.6. The van der Waals surface area contributed by atoms with Crippen molar-refractivity contribution in [1.29, 1.82) is 0 Å². The first-order valence-electron chi connectivity index (χ1n) is 7.99. The summed E-state index contributed by atoms with van der Waals surface area (Å²) >= 11 is 0. The smallest absolute Gasteiger partial charge is 0.123 e. The second kappa shape index (κ2) is 9.85. The molecule has 0 aliphatic heterocycles. The van der Waals surface area contributed by atoms with Gasteiger partial charge in [0.25, 0.3) is 0 Å². The summed E-state index contributed by atoms with van der Waals surface area (Å²) in [5.74, 6) is 1.70. The molecule has 0 spiro atoms. The van der Waals surface area contributed by atoms with Crippen LogP contribution in [0.3, 0.4) is 0 Å². The Labute approximate surface area is 133 Å². The van der Waals surface area contributed by atoms with Gasteiger partial charge in [0.2, 0.25) is 0 Å². The molecule has 0 radical (unpaired) electrons. The number of nitrogens with one attached hydrogen (secondary N) is 1. The van der Waals surface area contributed by atoms with Gasteiger partial charge in [-0.15, -0.1) is 0 Å². The van der Waals surface area contributed by atoms with Gasteiger partial charge in [-0.25, -0.2) is 0 Å². The molecule has 1 N–H and O–H groups in total. The SMILES string of the molecule is CCCNCCCOc1cccc(OCc2ccccc2)c1. The van der Waals surface area contributed by atoms with Crippen LogP contribution in [0.5, 0.6) is 11.5 Å². The van der Waals surface area contributed by atoms with Crippen molar-refractivity contribution in [2.24, 2.45) is 0 Å². The van der Waals surface area contributed by atoms with Crippen LogP contribution in [-0.2, 0) is 6.61 Å². The van der Waals surface area contributed by atoms with Gasteiger partial charge in [0.15, 0.2) is 0 Å².